The molecule has 9 heteroatoms. The smallest absolute Gasteiger partial charge is 0.309 e. The highest BCUT2D eigenvalue weighted by atomic mass is 32.2. The van der Waals surface area contributed by atoms with E-state index in [1.807, 2.05) is 0 Å². The molecule has 7 nitrogen and oxygen atoms in total. The molecule has 0 saturated heterocycles. The van der Waals surface area contributed by atoms with Crippen molar-refractivity contribution >= 4 is 27.3 Å². The van der Waals surface area contributed by atoms with Crippen LogP contribution in [-0.2, 0) is 21.2 Å². The number of hydrogen-bond donors (Lipinski definition) is 1. The van der Waals surface area contributed by atoms with E-state index in [0.29, 0.717) is 10.6 Å². The minimum Gasteiger partial charge on any atom is -0.481 e. The number of nitrogens with zero attached hydrogens (tertiary/aromatic N) is 3. The number of aliphatic carboxylic acids is 1. The summed E-state index contributed by atoms with van der Waals surface area (Å²) >= 11 is 1.10. The molecule has 0 radical (unpaired) electrons. The Kier molecular flexibility index (Phi) is 4.09. The second kappa shape index (κ2) is 5.63. The lowest BCUT2D eigenvalue weighted by Gasteiger charge is -2.04. The number of rotatable bonds is 5. The van der Waals surface area contributed by atoms with E-state index in [-0.39, 0.29) is 17.9 Å². The highest BCUT2D eigenvalue weighted by molar-refractivity contribution is 7.90. The number of aromatic nitrogens is 3. The predicted octanol–water partition coefficient (Wildman–Crippen LogP) is 0.371. The number of aryl methyl sites for hydroxylation is 1. The zero-order valence-corrected chi connectivity index (χ0v) is 12.2. The minimum atomic E-state index is -3.45. The average molecular weight is 314 g/mol. The number of sulfone groups is 1. The molecule has 2 aromatic rings. The van der Waals surface area contributed by atoms with E-state index < -0.39 is 15.8 Å². The molecule has 1 N–H and O–H groups in total. The Hall–Kier alpha value is -1.87. The molecule has 0 saturated carbocycles. The number of carbonyl (C=O) groups is 1. The molecule has 2 rings (SSSR count). The first kappa shape index (κ1) is 14.5. The molecule has 106 valence electrons. The highest BCUT2D eigenvalue weighted by Crippen LogP contribution is 2.26. The SMILES string of the molecule is CS(=O)(=O)c1c[n+](CCC(=O)O)ccc1-c1ncns1. The van der Waals surface area contributed by atoms with Gasteiger partial charge in [-0.1, -0.05) is 0 Å². The molecular weight excluding hydrogens is 302 g/mol. The van der Waals surface area contributed by atoms with E-state index in [0.717, 1.165) is 17.8 Å². The van der Waals surface area contributed by atoms with Gasteiger partial charge >= 0.3 is 5.97 Å². The van der Waals surface area contributed by atoms with Crippen LogP contribution in [0.25, 0.3) is 10.6 Å². The van der Waals surface area contributed by atoms with Crippen LogP contribution in [0.5, 0.6) is 0 Å². The lowest BCUT2D eigenvalue weighted by molar-refractivity contribution is -0.697. The van der Waals surface area contributed by atoms with Crippen LogP contribution in [0.15, 0.2) is 29.7 Å². The molecule has 0 amide bonds. The summed E-state index contributed by atoms with van der Waals surface area (Å²) in [5.41, 5.74) is 0.474. The Morgan fingerprint density at radius 3 is 2.80 bits per heavy atom. The van der Waals surface area contributed by atoms with E-state index in [1.54, 1.807) is 12.3 Å². The van der Waals surface area contributed by atoms with E-state index in [2.05, 4.69) is 9.36 Å². The first-order chi connectivity index (χ1) is 9.38. The van der Waals surface area contributed by atoms with Crippen molar-refractivity contribution < 1.29 is 22.9 Å². The molecule has 0 fully saturated rings. The molecular formula is C11H12N3O4S2+. The zero-order valence-electron chi connectivity index (χ0n) is 10.6. The maximum atomic E-state index is 11.9. The summed E-state index contributed by atoms with van der Waals surface area (Å²) in [6, 6.07) is 1.61. The maximum absolute atomic E-state index is 11.9. The number of hydrogen-bond acceptors (Lipinski definition) is 6. The third kappa shape index (κ3) is 3.36. The van der Waals surface area contributed by atoms with Gasteiger partial charge in [-0.2, -0.15) is 4.37 Å². The molecule has 0 aromatic carbocycles. The molecule has 0 aliphatic heterocycles. The van der Waals surface area contributed by atoms with Crippen molar-refractivity contribution in [2.45, 2.75) is 17.9 Å². The molecule has 0 aliphatic rings. The van der Waals surface area contributed by atoms with Crippen molar-refractivity contribution in [3.63, 3.8) is 0 Å². The first-order valence-corrected chi connectivity index (χ1v) is 8.26. The minimum absolute atomic E-state index is 0.0774. The second-order valence-corrected chi connectivity index (χ2v) is 6.89. The van der Waals surface area contributed by atoms with Crippen LogP contribution in [-0.4, -0.2) is 35.1 Å². The summed E-state index contributed by atoms with van der Waals surface area (Å²) in [5.74, 6) is -0.938. The van der Waals surface area contributed by atoms with E-state index in [1.165, 1.54) is 17.1 Å². The zero-order chi connectivity index (χ0) is 14.8. The van der Waals surface area contributed by atoms with Crippen LogP contribution in [0.3, 0.4) is 0 Å². The van der Waals surface area contributed by atoms with Crippen LogP contribution in [0.2, 0.25) is 0 Å². The van der Waals surface area contributed by atoms with Crippen molar-refractivity contribution in [1.29, 1.82) is 0 Å². The van der Waals surface area contributed by atoms with E-state index in [4.69, 9.17) is 5.11 Å². The second-order valence-electron chi connectivity index (χ2n) is 4.12. The van der Waals surface area contributed by atoms with Crippen LogP contribution in [0, 0.1) is 0 Å². The summed E-state index contributed by atoms with van der Waals surface area (Å²) in [7, 11) is -3.45. The summed E-state index contributed by atoms with van der Waals surface area (Å²) < 4.78 is 29.1. The van der Waals surface area contributed by atoms with E-state index >= 15 is 0 Å². The van der Waals surface area contributed by atoms with Gasteiger partial charge in [0, 0.05) is 17.9 Å². The predicted molar refractivity (Wildman–Crippen MR) is 70.9 cm³/mol. The van der Waals surface area contributed by atoms with Crippen molar-refractivity contribution in [1.82, 2.24) is 9.36 Å². The third-order valence-corrected chi connectivity index (χ3v) is 4.38. The molecule has 0 unspecified atom stereocenters. The lowest BCUT2D eigenvalue weighted by atomic mass is 10.3. The van der Waals surface area contributed by atoms with Crippen molar-refractivity contribution in [3.05, 3.63) is 24.8 Å². The van der Waals surface area contributed by atoms with Crippen LogP contribution >= 0.6 is 11.5 Å². The lowest BCUT2D eigenvalue weighted by Crippen LogP contribution is -2.35. The van der Waals surface area contributed by atoms with Gasteiger partial charge in [0.05, 0.1) is 0 Å². The van der Waals surface area contributed by atoms with Gasteiger partial charge in [-0.15, -0.1) is 0 Å². The largest absolute Gasteiger partial charge is 0.481 e. The van der Waals surface area contributed by atoms with Gasteiger partial charge < -0.3 is 5.11 Å². The first-order valence-electron chi connectivity index (χ1n) is 5.60. The fourth-order valence-corrected chi connectivity index (χ4v) is 3.16. The molecule has 2 heterocycles. The third-order valence-electron chi connectivity index (χ3n) is 2.56. The topological polar surface area (TPSA) is 101 Å². The molecule has 20 heavy (non-hydrogen) atoms. The van der Waals surface area contributed by atoms with Gasteiger partial charge in [-0.25, -0.2) is 18.0 Å². The Labute approximate surface area is 119 Å². The fraction of sp³-hybridized carbons (Fsp3) is 0.273. The number of carboxylic acids is 1. The van der Waals surface area contributed by atoms with Gasteiger partial charge in [0.1, 0.15) is 22.7 Å². The van der Waals surface area contributed by atoms with Gasteiger partial charge in [0.2, 0.25) is 0 Å². The molecule has 0 aliphatic carbocycles. The van der Waals surface area contributed by atoms with Crippen molar-refractivity contribution in [2.75, 3.05) is 6.26 Å². The standard InChI is InChI=1S/C11H11N3O4S2/c1-20(17,18)9-6-14(5-3-10(15)16)4-2-8(9)11-12-7-13-19-11/h2,4,6-7H,3,5H2,1H3/p+1. The summed E-state index contributed by atoms with van der Waals surface area (Å²) in [5, 5.41) is 9.17. The maximum Gasteiger partial charge on any atom is 0.309 e. The summed E-state index contributed by atoms with van der Waals surface area (Å²) in [6.07, 6.45) is 5.45. The Bertz CT molecular complexity index is 726. The average Bonchev–Trinajstić information content (AvgIpc) is 2.88. The van der Waals surface area contributed by atoms with Crippen LogP contribution in [0.1, 0.15) is 6.42 Å². The van der Waals surface area contributed by atoms with Gasteiger partial charge in [0.25, 0.3) is 0 Å². The quantitative estimate of drug-likeness (QED) is 0.800. The monoisotopic (exact) mass is 314 g/mol. The molecule has 0 spiro atoms. The van der Waals surface area contributed by atoms with E-state index in [9.17, 15) is 13.2 Å². The van der Waals surface area contributed by atoms with Crippen LogP contribution < -0.4 is 4.57 Å². The number of pyridine rings is 1. The highest BCUT2D eigenvalue weighted by Gasteiger charge is 2.21. The molecule has 0 atom stereocenters. The fourth-order valence-electron chi connectivity index (χ4n) is 1.64. The summed E-state index contributed by atoms with van der Waals surface area (Å²) in [6.45, 7) is 0.203. The Balaban J connectivity index is 2.47. The number of carboxylic acid groups (broad SMARTS) is 1. The Morgan fingerprint density at radius 2 is 2.25 bits per heavy atom. The molecule has 2 aromatic heterocycles. The van der Waals surface area contributed by atoms with Gasteiger partial charge in [-0.05, 0) is 11.5 Å². The summed E-state index contributed by atoms with van der Waals surface area (Å²) in [4.78, 5) is 14.7. The van der Waals surface area contributed by atoms with Crippen molar-refractivity contribution in [2.24, 2.45) is 0 Å². The van der Waals surface area contributed by atoms with Gasteiger partial charge in [0.15, 0.2) is 28.8 Å². The van der Waals surface area contributed by atoms with Crippen molar-refractivity contribution in [3.8, 4) is 10.6 Å². The normalized spacial score (nSPS) is 11.4. The Morgan fingerprint density at radius 1 is 1.50 bits per heavy atom. The van der Waals surface area contributed by atoms with Gasteiger partial charge in [-0.3, -0.25) is 4.79 Å². The molecule has 0 bridgehead atoms. The van der Waals surface area contributed by atoms with Crippen LogP contribution in [0.4, 0.5) is 0 Å².